The monoisotopic (exact) mass is 268 g/mol. The van der Waals surface area contributed by atoms with Crippen molar-refractivity contribution >= 4 is 11.6 Å². The van der Waals surface area contributed by atoms with Crippen LogP contribution in [0, 0.1) is 12.7 Å². The van der Waals surface area contributed by atoms with Crippen molar-refractivity contribution in [3.63, 3.8) is 0 Å². The van der Waals surface area contributed by atoms with E-state index >= 15 is 0 Å². The molecule has 0 heterocycles. The number of nitrogens with zero attached hydrogens (tertiary/aromatic N) is 2. The molecule has 0 aliphatic rings. The largest absolute Gasteiger partial charge is 0.389 e. The zero-order chi connectivity index (χ0) is 14.7. The minimum Gasteiger partial charge on any atom is -0.389 e. The van der Waals surface area contributed by atoms with Crippen LogP contribution in [0.1, 0.15) is 24.2 Å². The summed E-state index contributed by atoms with van der Waals surface area (Å²) in [6.45, 7) is 3.42. The molecule has 1 N–H and O–H groups in total. The topological polar surface area (TPSA) is 43.8 Å². The summed E-state index contributed by atoms with van der Waals surface area (Å²) in [5.74, 6) is -0.409. The van der Waals surface area contributed by atoms with Gasteiger partial charge in [0.1, 0.15) is 5.82 Å². The number of likely N-dealkylation sites (N-methyl/N-ethyl adjacent to an activating group) is 2. The molecule has 0 aliphatic heterocycles. The lowest BCUT2D eigenvalue weighted by Gasteiger charge is -2.25. The lowest BCUT2D eigenvalue weighted by Crippen LogP contribution is -2.34. The molecule has 1 amide bonds. The van der Waals surface area contributed by atoms with Gasteiger partial charge in [0.2, 0.25) is 5.91 Å². The fraction of sp³-hybridized carbons (Fsp3) is 0.500. The minimum absolute atomic E-state index is 0.0546. The van der Waals surface area contributed by atoms with E-state index in [2.05, 4.69) is 0 Å². The van der Waals surface area contributed by atoms with Crippen molar-refractivity contribution in [1.29, 1.82) is 0 Å². The summed E-state index contributed by atoms with van der Waals surface area (Å²) in [6.07, 6.45) is -0.790. The van der Waals surface area contributed by atoms with E-state index in [1.807, 2.05) is 0 Å². The zero-order valence-corrected chi connectivity index (χ0v) is 12.1. The number of rotatable bonds is 4. The number of aryl methyl sites for hydroxylation is 1. The third-order valence-corrected chi connectivity index (χ3v) is 3.04. The van der Waals surface area contributed by atoms with E-state index in [0.29, 0.717) is 16.8 Å². The molecule has 1 aromatic carbocycles. The first kappa shape index (κ1) is 15.4. The molecule has 0 aliphatic carbocycles. The number of anilines is 1. The van der Waals surface area contributed by atoms with Crippen molar-refractivity contribution < 1.29 is 14.3 Å². The van der Waals surface area contributed by atoms with E-state index in [-0.39, 0.29) is 18.3 Å². The van der Waals surface area contributed by atoms with Gasteiger partial charge >= 0.3 is 0 Å². The number of amides is 1. The van der Waals surface area contributed by atoms with Gasteiger partial charge in [0.15, 0.2) is 0 Å². The highest BCUT2D eigenvalue weighted by Gasteiger charge is 2.17. The van der Waals surface area contributed by atoms with Gasteiger partial charge in [0, 0.05) is 32.4 Å². The first-order valence-electron chi connectivity index (χ1n) is 6.13. The molecular weight excluding hydrogens is 247 g/mol. The van der Waals surface area contributed by atoms with Crippen LogP contribution in [-0.4, -0.2) is 43.6 Å². The minimum atomic E-state index is -0.790. The van der Waals surface area contributed by atoms with Gasteiger partial charge in [-0.1, -0.05) is 0 Å². The number of hydrogen-bond donors (Lipinski definition) is 1. The van der Waals surface area contributed by atoms with Gasteiger partial charge in [-0.2, -0.15) is 0 Å². The smallest absolute Gasteiger partial charge is 0.241 e. The summed E-state index contributed by atoms with van der Waals surface area (Å²) in [7, 11) is 5.11. The van der Waals surface area contributed by atoms with Gasteiger partial charge in [-0.3, -0.25) is 4.79 Å². The van der Waals surface area contributed by atoms with Crippen molar-refractivity contribution in [2.45, 2.75) is 20.0 Å². The summed E-state index contributed by atoms with van der Waals surface area (Å²) < 4.78 is 13.6. The van der Waals surface area contributed by atoms with E-state index < -0.39 is 6.10 Å². The molecule has 0 fully saturated rings. The van der Waals surface area contributed by atoms with Gasteiger partial charge in [-0.05, 0) is 31.5 Å². The number of aliphatic hydroxyl groups is 1. The average Bonchev–Trinajstić information content (AvgIpc) is 2.31. The molecule has 1 atom stereocenters. The quantitative estimate of drug-likeness (QED) is 0.904. The number of benzene rings is 1. The molecule has 0 spiro atoms. The normalized spacial score (nSPS) is 12.2. The van der Waals surface area contributed by atoms with Crippen molar-refractivity contribution in [2.75, 3.05) is 32.6 Å². The predicted molar refractivity (Wildman–Crippen MR) is 73.7 cm³/mol. The Hall–Kier alpha value is -1.62. The molecule has 1 aromatic rings. The van der Waals surface area contributed by atoms with Crippen molar-refractivity contribution in [2.24, 2.45) is 0 Å². The number of halogens is 1. The maximum Gasteiger partial charge on any atom is 0.241 e. The third kappa shape index (κ3) is 3.67. The molecule has 1 unspecified atom stereocenters. The van der Waals surface area contributed by atoms with Crippen LogP contribution in [0.4, 0.5) is 10.1 Å². The summed E-state index contributed by atoms with van der Waals surface area (Å²) in [5, 5.41) is 9.72. The van der Waals surface area contributed by atoms with Crippen molar-refractivity contribution in [1.82, 2.24) is 4.90 Å². The first-order chi connectivity index (χ1) is 8.73. The Morgan fingerprint density at radius 1 is 1.37 bits per heavy atom. The Morgan fingerprint density at radius 3 is 2.42 bits per heavy atom. The molecule has 0 saturated carbocycles. The van der Waals surface area contributed by atoms with Gasteiger partial charge in [-0.15, -0.1) is 0 Å². The van der Waals surface area contributed by atoms with E-state index in [1.54, 1.807) is 46.0 Å². The molecule has 1 rings (SSSR count). The maximum absolute atomic E-state index is 13.6. The number of aliphatic hydroxyl groups excluding tert-OH is 1. The van der Waals surface area contributed by atoms with E-state index in [1.165, 1.54) is 11.0 Å². The van der Waals surface area contributed by atoms with Crippen LogP contribution in [0.2, 0.25) is 0 Å². The number of hydrogen-bond acceptors (Lipinski definition) is 3. The van der Waals surface area contributed by atoms with E-state index in [0.717, 1.165) is 0 Å². The Kier molecular flexibility index (Phi) is 4.89. The predicted octanol–water partition coefficient (Wildman–Crippen LogP) is 1.71. The second-order valence-electron chi connectivity index (χ2n) is 4.98. The summed E-state index contributed by atoms with van der Waals surface area (Å²) in [6, 6.07) is 2.98. The third-order valence-electron chi connectivity index (χ3n) is 3.04. The van der Waals surface area contributed by atoms with Crippen molar-refractivity contribution in [3.8, 4) is 0 Å². The van der Waals surface area contributed by atoms with Crippen LogP contribution in [0.5, 0.6) is 0 Å². The Labute approximate surface area is 113 Å². The Morgan fingerprint density at radius 2 is 1.95 bits per heavy atom. The Bertz CT molecular complexity index is 473. The van der Waals surface area contributed by atoms with Crippen LogP contribution >= 0.6 is 0 Å². The second kappa shape index (κ2) is 6.02. The van der Waals surface area contributed by atoms with Crippen molar-refractivity contribution in [3.05, 3.63) is 29.1 Å². The molecule has 4 nitrogen and oxygen atoms in total. The molecule has 106 valence electrons. The van der Waals surface area contributed by atoms with Crippen LogP contribution in [-0.2, 0) is 4.79 Å². The van der Waals surface area contributed by atoms with Crippen LogP contribution in [0.25, 0.3) is 0 Å². The highest BCUT2D eigenvalue weighted by atomic mass is 19.1. The highest BCUT2D eigenvalue weighted by molar-refractivity contribution is 5.81. The standard InChI is InChI=1S/C14H21FN2O2/c1-9-6-13(11(10(2)18)7-12(9)15)17(5)8-14(19)16(3)4/h6-7,10,18H,8H2,1-5H3. The highest BCUT2D eigenvalue weighted by Crippen LogP contribution is 2.28. The second-order valence-corrected chi connectivity index (χ2v) is 4.98. The lowest BCUT2D eigenvalue weighted by molar-refractivity contribution is -0.127. The number of carbonyl (C=O) groups excluding carboxylic acids is 1. The van der Waals surface area contributed by atoms with Gasteiger partial charge in [0.05, 0.1) is 12.6 Å². The average molecular weight is 268 g/mol. The van der Waals surface area contributed by atoms with Crippen LogP contribution in [0.3, 0.4) is 0 Å². The van der Waals surface area contributed by atoms with Crippen LogP contribution in [0.15, 0.2) is 12.1 Å². The van der Waals surface area contributed by atoms with E-state index in [9.17, 15) is 14.3 Å². The zero-order valence-electron chi connectivity index (χ0n) is 12.1. The summed E-state index contributed by atoms with van der Waals surface area (Å²) in [4.78, 5) is 14.9. The van der Waals surface area contributed by atoms with Gasteiger partial charge in [-0.25, -0.2) is 4.39 Å². The van der Waals surface area contributed by atoms with Gasteiger partial charge in [0.25, 0.3) is 0 Å². The fourth-order valence-corrected chi connectivity index (χ4v) is 1.78. The number of carbonyl (C=O) groups is 1. The first-order valence-corrected chi connectivity index (χ1v) is 6.13. The molecule has 0 aromatic heterocycles. The molecule has 0 radical (unpaired) electrons. The van der Waals surface area contributed by atoms with Crippen LogP contribution < -0.4 is 4.90 Å². The maximum atomic E-state index is 13.6. The summed E-state index contributed by atoms with van der Waals surface area (Å²) in [5.41, 5.74) is 1.64. The van der Waals surface area contributed by atoms with E-state index in [4.69, 9.17) is 0 Å². The molecule has 0 bridgehead atoms. The molecule has 0 saturated heterocycles. The molecular formula is C14H21FN2O2. The fourth-order valence-electron chi connectivity index (χ4n) is 1.78. The molecule has 5 heteroatoms. The Balaban J connectivity index is 3.11. The van der Waals surface area contributed by atoms with Gasteiger partial charge < -0.3 is 14.9 Å². The molecule has 19 heavy (non-hydrogen) atoms. The lowest BCUT2D eigenvalue weighted by atomic mass is 10.0. The summed E-state index contributed by atoms with van der Waals surface area (Å²) >= 11 is 0. The SMILES string of the molecule is Cc1cc(N(C)CC(=O)N(C)C)c(C(C)O)cc1F.